The van der Waals surface area contributed by atoms with Crippen molar-refractivity contribution in [1.82, 2.24) is 0 Å². The Kier molecular flexibility index (Phi) is 4.91. The molecule has 0 heterocycles. The van der Waals surface area contributed by atoms with E-state index in [0.717, 1.165) is 14.2 Å². The molecular formula is C16H16O8. The molecule has 0 bridgehead atoms. The number of esters is 2. The molecule has 0 saturated carbocycles. The number of methoxy groups -OCH3 is 2. The third-order valence-corrected chi connectivity index (χ3v) is 3.64. The van der Waals surface area contributed by atoms with Crippen LogP contribution in [0.1, 0.15) is 23.3 Å². The maximum atomic E-state index is 11.6. The monoisotopic (exact) mass is 336 g/mol. The van der Waals surface area contributed by atoms with Crippen LogP contribution in [0.5, 0.6) is 11.5 Å². The van der Waals surface area contributed by atoms with E-state index in [1.807, 2.05) is 0 Å². The van der Waals surface area contributed by atoms with Crippen LogP contribution in [-0.4, -0.2) is 46.6 Å². The maximum Gasteiger partial charge on any atom is 0.339 e. The zero-order valence-electron chi connectivity index (χ0n) is 12.9. The van der Waals surface area contributed by atoms with E-state index < -0.39 is 35.6 Å². The van der Waals surface area contributed by atoms with Crippen LogP contribution in [-0.2, 0) is 19.1 Å². The SMILES string of the molecule is COC(=O)C(O)c1c(O)c(O)c(C(O)C(=O)OC)c2ccccc12. The predicted octanol–water partition coefficient (Wildman–Crippen LogP) is 0.664. The highest BCUT2D eigenvalue weighted by Crippen LogP contribution is 2.45. The van der Waals surface area contributed by atoms with Gasteiger partial charge < -0.3 is 29.9 Å². The lowest BCUT2D eigenvalue weighted by atomic mass is 9.92. The first-order valence-corrected chi connectivity index (χ1v) is 6.83. The van der Waals surface area contributed by atoms with E-state index in [9.17, 15) is 30.0 Å². The Bertz CT molecular complexity index is 732. The molecule has 8 nitrogen and oxygen atoms in total. The van der Waals surface area contributed by atoms with Gasteiger partial charge in [-0.05, 0) is 10.8 Å². The van der Waals surface area contributed by atoms with Crippen molar-refractivity contribution in [2.75, 3.05) is 14.2 Å². The quantitative estimate of drug-likeness (QED) is 0.473. The van der Waals surface area contributed by atoms with E-state index in [0.29, 0.717) is 0 Å². The second-order valence-electron chi connectivity index (χ2n) is 4.92. The molecule has 0 aromatic heterocycles. The molecular weight excluding hydrogens is 320 g/mol. The third-order valence-electron chi connectivity index (χ3n) is 3.64. The molecule has 0 aliphatic heterocycles. The topological polar surface area (TPSA) is 134 Å². The van der Waals surface area contributed by atoms with Gasteiger partial charge in [0.2, 0.25) is 0 Å². The van der Waals surface area contributed by atoms with E-state index in [4.69, 9.17) is 0 Å². The number of benzene rings is 2. The average molecular weight is 336 g/mol. The molecule has 2 rings (SSSR count). The number of carbonyl (C=O) groups is 2. The van der Waals surface area contributed by atoms with Crippen LogP contribution < -0.4 is 0 Å². The number of fused-ring (bicyclic) bond motifs is 1. The summed E-state index contributed by atoms with van der Waals surface area (Å²) < 4.78 is 8.88. The lowest BCUT2D eigenvalue weighted by Gasteiger charge is -2.20. The molecule has 2 aromatic rings. The number of ether oxygens (including phenoxy) is 2. The van der Waals surface area contributed by atoms with Crippen LogP contribution in [0.25, 0.3) is 10.8 Å². The van der Waals surface area contributed by atoms with Crippen molar-refractivity contribution >= 4 is 22.7 Å². The molecule has 2 aromatic carbocycles. The smallest absolute Gasteiger partial charge is 0.339 e. The molecule has 2 atom stereocenters. The van der Waals surface area contributed by atoms with Gasteiger partial charge in [0.1, 0.15) is 0 Å². The summed E-state index contributed by atoms with van der Waals surface area (Å²) in [4.78, 5) is 23.2. The van der Waals surface area contributed by atoms with Crippen LogP contribution in [0, 0.1) is 0 Å². The number of aliphatic hydroxyl groups is 2. The van der Waals surface area contributed by atoms with Gasteiger partial charge in [0.05, 0.1) is 14.2 Å². The molecule has 0 fully saturated rings. The summed E-state index contributed by atoms with van der Waals surface area (Å²) in [7, 11) is 2.11. The first kappa shape index (κ1) is 17.5. The largest absolute Gasteiger partial charge is 0.504 e. The van der Waals surface area contributed by atoms with Gasteiger partial charge in [0.15, 0.2) is 23.7 Å². The summed E-state index contributed by atoms with van der Waals surface area (Å²) >= 11 is 0. The van der Waals surface area contributed by atoms with E-state index in [-0.39, 0.29) is 21.9 Å². The van der Waals surface area contributed by atoms with Gasteiger partial charge in [-0.15, -0.1) is 0 Å². The Labute approximate surface area is 136 Å². The van der Waals surface area contributed by atoms with Crippen molar-refractivity contribution < 1.29 is 39.5 Å². The summed E-state index contributed by atoms with van der Waals surface area (Å²) in [5.74, 6) is -3.78. The Morgan fingerprint density at radius 2 is 1.17 bits per heavy atom. The fourth-order valence-corrected chi connectivity index (χ4v) is 2.48. The van der Waals surface area contributed by atoms with Gasteiger partial charge in [0, 0.05) is 11.1 Å². The van der Waals surface area contributed by atoms with Gasteiger partial charge in [-0.1, -0.05) is 24.3 Å². The van der Waals surface area contributed by atoms with E-state index in [1.54, 1.807) is 12.1 Å². The third kappa shape index (κ3) is 2.72. The standard InChI is InChI=1S/C16H16O8/c1-23-15(21)13(19)9-7-5-3-4-6-8(7)10(12(18)11(9)17)14(20)16(22)24-2/h3-6,13-14,17-20H,1-2H3. The highest BCUT2D eigenvalue weighted by Gasteiger charge is 2.32. The Morgan fingerprint density at radius 1 is 0.833 bits per heavy atom. The Hall–Kier alpha value is -2.84. The molecule has 24 heavy (non-hydrogen) atoms. The van der Waals surface area contributed by atoms with Gasteiger partial charge in [0.25, 0.3) is 0 Å². The normalized spacial score (nSPS) is 13.3. The first-order chi connectivity index (χ1) is 11.3. The zero-order valence-corrected chi connectivity index (χ0v) is 12.9. The van der Waals surface area contributed by atoms with Gasteiger partial charge in [-0.2, -0.15) is 0 Å². The van der Waals surface area contributed by atoms with Crippen molar-refractivity contribution in [3.8, 4) is 11.5 Å². The minimum Gasteiger partial charge on any atom is -0.504 e. The fraction of sp³-hybridized carbons (Fsp3) is 0.250. The first-order valence-electron chi connectivity index (χ1n) is 6.83. The second-order valence-corrected chi connectivity index (χ2v) is 4.92. The minimum atomic E-state index is -1.87. The number of phenols is 2. The lowest BCUT2D eigenvalue weighted by Crippen LogP contribution is -2.17. The fourth-order valence-electron chi connectivity index (χ4n) is 2.48. The number of aromatic hydroxyl groups is 2. The molecule has 0 radical (unpaired) electrons. The molecule has 8 heteroatoms. The molecule has 0 saturated heterocycles. The minimum absolute atomic E-state index is 0.156. The van der Waals surface area contributed by atoms with Crippen molar-refractivity contribution in [3.63, 3.8) is 0 Å². The van der Waals surface area contributed by atoms with Crippen molar-refractivity contribution in [2.45, 2.75) is 12.2 Å². The van der Waals surface area contributed by atoms with E-state index in [1.165, 1.54) is 12.1 Å². The van der Waals surface area contributed by atoms with Gasteiger partial charge in [-0.25, -0.2) is 9.59 Å². The van der Waals surface area contributed by atoms with Crippen molar-refractivity contribution in [1.29, 1.82) is 0 Å². The molecule has 4 N–H and O–H groups in total. The molecule has 0 spiro atoms. The van der Waals surface area contributed by atoms with Gasteiger partial charge in [-0.3, -0.25) is 0 Å². The number of hydrogen-bond acceptors (Lipinski definition) is 8. The van der Waals surface area contributed by atoms with E-state index in [2.05, 4.69) is 9.47 Å². The predicted molar refractivity (Wildman–Crippen MR) is 81.2 cm³/mol. The molecule has 128 valence electrons. The van der Waals surface area contributed by atoms with Crippen molar-refractivity contribution in [3.05, 3.63) is 35.4 Å². The summed E-state index contributed by atoms with van der Waals surface area (Å²) in [6.07, 6.45) is -3.73. The highest BCUT2D eigenvalue weighted by molar-refractivity contribution is 5.99. The number of carbonyl (C=O) groups excluding carboxylic acids is 2. The highest BCUT2D eigenvalue weighted by atomic mass is 16.5. The van der Waals surface area contributed by atoms with Crippen molar-refractivity contribution in [2.24, 2.45) is 0 Å². The van der Waals surface area contributed by atoms with Crippen LogP contribution in [0.2, 0.25) is 0 Å². The van der Waals surface area contributed by atoms with Crippen LogP contribution in [0.3, 0.4) is 0 Å². The molecule has 0 amide bonds. The zero-order chi connectivity index (χ0) is 18.0. The number of aliphatic hydroxyl groups excluding tert-OH is 2. The van der Waals surface area contributed by atoms with E-state index >= 15 is 0 Å². The molecule has 0 aliphatic rings. The van der Waals surface area contributed by atoms with Crippen LogP contribution >= 0.6 is 0 Å². The maximum absolute atomic E-state index is 11.6. The van der Waals surface area contributed by atoms with Crippen LogP contribution in [0.15, 0.2) is 24.3 Å². The summed E-state index contributed by atoms with van der Waals surface area (Å²) in [5.41, 5.74) is -0.591. The number of hydrogen-bond donors (Lipinski definition) is 4. The van der Waals surface area contributed by atoms with Crippen LogP contribution in [0.4, 0.5) is 0 Å². The molecule has 0 aliphatic carbocycles. The lowest BCUT2D eigenvalue weighted by molar-refractivity contribution is -0.151. The molecule has 2 unspecified atom stereocenters. The van der Waals surface area contributed by atoms with Gasteiger partial charge >= 0.3 is 11.9 Å². The average Bonchev–Trinajstić information content (AvgIpc) is 2.60. The Morgan fingerprint density at radius 3 is 1.46 bits per heavy atom. The summed E-state index contributed by atoms with van der Waals surface area (Å²) in [5, 5.41) is 40.9. The number of rotatable bonds is 4. The Balaban J connectivity index is 2.84. The summed E-state index contributed by atoms with van der Waals surface area (Å²) in [6, 6.07) is 6.01. The number of phenolic OH excluding ortho intramolecular Hbond substituents is 2. The second kappa shape index (κ2) is 6.73. The summed E-state index contributed by atoms with van der Waals surface area (Å²) in [6.45, 7) is 0.